The van der Waals surface area contributed by atoms with Crippen molar-refractivity contribution < 1.29 is 4.79 Å². The first-order valence-corrected chi connectivity index (χ1v) is 6.61. The maximum Gasteiger partial charge on any atom is 0.240 e. The molecule has 0 heterocycles. The van der Waals surface area contributed by atoms with Gasteiger partial charge in [0, 0.05) is 6.04 Å². The molecular weight excluding hydrogens is 200 g/mol. The van der Waals surface area contributed by atoms with Gasteiger partial charge in [-0.2, -0.15) is 0 Å². The summed E-state index contributed by atoms with van der Waals surface area (Å²) in [4.78, 5) is 12.2. The van der Waals surface area contributed by atoms with E-state index in [1.807, 2.05) is 0 Å². The van der Waals surface area contributed by atoms with E-state index in [1.165, 1.54) is 6.42 Å². The summed E-state index contributed by atoms with van der Waals surface area (Å²) >= 11 is 0. The first-order valence-electron chi connectivity index (χ1n) is 6.61. The zero-order valence-corrected chi connectivity index (χ0v) is 10.9. The summed E-state index contributed by atoms with van der Waals surface area (Å²) < 4.78 is 0. The molecule has 1 fully saturated rings. The van der Waals surface area contributed by atoms with Crippen molar-refractivity contribution >= 4 is 5.91 Å². The highest BCUT2D eigenvalue weighted by Gasteiger charge is 2.38. The summed E-state index contributed by atoms with van der Waals surface area (Å²) in [7, 11) is 0. The predicted octanol–water partition coefficient (Wildman–Crippen LogP) is 2.20. The average Bonchev–Trinajstić information content (AvgIpc) is 2.25. The van der Waals surface area contributed by atoms with Gasteiger partial charge in [-0.1, -0.05) is 33.6 Å². The lowest BCUT2D eigenvalue weighted by atomic mass is 9.76. The topological polar surface area (TPSA) is 55.1 Å². The Labute approximate surface area is 99.2 Å². The Hall–Kier alpha value is -0.570. The van der Waals surface area contributed by atoms with E-state index < -0.39 is 5.54 Å². The molecule has 1 rings (SSSR count). The van der Waals surface area contributed by atoms with Crippen molar-refractivity contribution in [2.24, 2.45) is 11.7 Å². The van der Waals surface area contributed by atoms with Crippen LogP contribution in [0.4, 0.5) is 0 Å². The molecule has 0 spiro atoms. The Bertz CT molecular complexity index is 238. The average molecular weight is 226 g/mol. The van der Waals surface area contributed by atoms with E-state index in [0.717, 1.165) is 32.1 Å². The van der Waals surface area contributed by atoms with Crippen LogP contribution in [0.15, 0.2) is 0 Å². The van der Waals surface area contributed by atoms with Crippen molar-refractivity contribution in [1.29, 1.82) is 0 Å². The van der Waals surface area contributed by atoms with Crippen LogP contribution in [-0.4, -0.2) is 17.5 Å². The summed E-state index contributed by atoms with van der Waals surface area (Å²) in [6.07, 6.45) is 5.91. The first-order chi connectivity index (χ1) is 7.51. The molecule has 3 nitrogen and oxygen atoms in total. The summed E-state index contributed by atoms with van der Waals surface area (Å²) in [6, 6.07) is 0.283. The van der Waals surface area contributed by atoms with Crippen LogP contribution in [0, 0.1) is 5.92 Å². The molecule has 0 aromatic carbocycles. The Balaban J connectivity index is 2.57. The van der Waals surface area contributed by atoms with Crippen LogP contribution in [-0.2, 0) is 4.79 Å². The smallest absolute Gasteiger partial charge is 0.240 e. The first kappa shape index (κ1) is 13.5. The molecule has 1 aliphatic rings. The third-order valence-electron chi connectivity index (χ3n) is 3.81. The molecule has 0 bridgehead atoms. The minimum absolute atomic E-state index is 0.0627. The van der Waals surface area contributed by atoms with E-state index in [4.69, 9.17) is 5.73 Å². The molecular formula is C13H26N2O. The van der Waals surface area contributed by atoms with Crippen LogP contribution < -0.4 is 11.1 Å². The molecule has 0 radical (unpaired) electrons. The number of nitrogens with one attached hydrogen (secondary N) is 1. The van der Waals surface area contributed by atoms with Gasteiger partial charge in [0.1, 0.15) is 0 Å². The molecule has 16 heavy (non-hydrogen) atoms. The van der Waals surface area contributed by atoms with Crippen LogP contribution in [0.5, 0.6) is 0 Å². The van der Waals surface area contributed by atoms with Crippen molar-refractivity contribution in [1.82, 2.24) is 5.32 Å². The quantitative estimate of drug-likeness (QED) is 0.772. The molecule has 0 aromatic rings. The van der Waals surface area contributed by atoms with Gasteiger partial charge in [0.15, 0.2) is 0 Å². The largest absolute Gasteiger partial charge is 0.352 e. The van der Waals surface area contributed by atoms with E-state index in [0.29, 0.717) is 5.92 Å². The van der Waals surface area contributed by atoms with Crippen molar-refractivity contribution in [3.05, 3.63) is 0 Å². The number of carbonyl (C=O) groups is 1. The van der Waals surface area contributed by atoms with Gasteiger partial charge in [-0.25, -0.2) is 0 Å². The fourth-order valence-corrected chi connectivity index (χ4v) is 2.62. The van der Waals surface area contributed by atoms with Gasteiger partial charge in [0.2, 0.25) is 5.91 Å². The van der Waals surface area contributed by atoms with Gasteiger partial charge in [-0.05, 0) is 31.6 Å². The van der Waals surface area contributed by atoms with Gasteiger partial charge >= 0.3 is 0 Å². The molecule has 0 aliphatic heterocycles. The number of rotatable bonds is 4. The number of hydrogen-bond acceptors (Lipinski definition) is 2. The summed E-state index contributed by atoms with van der Waals surface area (Å²) in [5.41, 5.74) is 5.63. The molecule has 2 atom stereocenters. The highest BCUT2D eigenvalue weighted by Crippen LogP contribution is 2.30. The van der Waals surface area contributed by atoms with Gasteiger partial charge < -0.3 is 11.1 Å². The molecule has 1 saturated carbocycles. The Morgan fingerprint density at radius 2 is 2.12 bits per heavy atom. The second-order valence-corrected chi connectivity index (χ2v) is 5.34. The second kappa shape index (κ2) is 5.67. The van der Waals surface area contributed by atoms with E-state index in [2.05, 4.69) is 26.1 Å². The van der Waals surface area contributed by atoms with Crippen LogP contribution in [0.25, 0.3) is 0 Å². The molecule has 1 amide bonds. The Morgan fingerprint density at radius 1 is 1.50 bits per heavy atom. The zero-order valence-electron chi connectivity index (χ0n) is 10.9. The highest BCUT2D eigenvalue weighted by atomic mass is 16.2. The number of amides is 1. The maximum absolute atomic E-state index is 12.2. The molecule has 2 unspecified atom stereocenters. The van der Waals surface area contributed by atoms with E-state index >= 15 is 0 Å². The SMILES string of the molecule is CCC(CC)NC(=O)C1(N)CCCC(C)C1. The molecule has 3 heteroatoms. The Morgan fingerprint density at radius 3 is 2.62 bits per heavy atom. The standard InChI is InChI=1S/C13H26N2O/c1-4-11(5-2)15-12(16)13(14)8-6-7-10(3)9-13/h10-11H,4-9,14H2,1-3H3,(H,15,16). The highest BCUT2D eigenvalue weighted by molar-refractivity contribution is 5.86. The monoisotopic (exact) mass is 226 g/mol. The molecule has 1 aliphatic carbocycles. The lowest BCUT2D eigenvalue weighted by Gasteiger charge is -2.36. The van der Waals surface area contributed by atoms with Crippen LogP contribution in [0.2, 0.25) is 0 Å². The van der Waals surface area contributed by atoms with Gasteiger partial charge in [0.05, 0.1) is 5.54 Å². The zero-order chi connectivity index (χ0) is 12.2. The van der Waals surface area contributed by atoms with E-state index in [-0.39, 0.29) is 11.9 Å². The van der Waals surface area contributed by atoms with E-state index in [9.17, 15) is 4.79 Å². The van der Waals surface area contributed by atoms with Crippen molar-refractivity contribution in [2.45, 2.75) is 70.9 Å². The maximum atomic E-state index is 12.2. The summed E-state index contributed by atoms with van der Waals surface area (Å²) in [5.74, 6) is 0.638. The van der Waals surface area contributed by atoms with Crippen LogP contribution in [0.3, 0.4) is 0 Å². The fraction of sp³-hybridized carbons (Fsp3) is 0.923. The van der Waals surface area contributed by atoms with Crippen molar-refractivity contribution in [3.63, 3.8) is 0 Å². The minimum Gasteiger partial charge on any atom is -0.352 e. The summed E-state index contributed by atoms with van der Waals surface area (Å²) in [6.45, 7) is 6.38. The second-order valence-electron chi connectivity index (χ2n) is 5.34. The Kier molecular flexibility index (Phi) is 4.78. The molecule has 94 valence electrons. The van der Waals surface area contributed by atoms with E-state index in [1.54, 1.807) is 0 Å². The summed E-state index contributed by atoms with van der Waals surface area (Å²) in [5, 5.41) is 3.08. The van der Waals surface area contributed by atoms with Gasteiger partial charge in [-0.3, -0.25) is 4.79 Å². The third kappa shape index (κ3) is 3.21. The van der Waals surface area contributed by atoms with Gasteiger partial charge in [-0.15, -0.1) is 0 Å². The third-order valence-corrected chi connectivity index (χ3v) is 3.81. The fourth-order valence-electron chi connectivity index (χ4n) is 2.62. The van der Waals surface area contributed by atoms with Crippen LogP contribution >= 0.6 is 0 Å². The van der Waals surface area contributed by atoms with Crippen molar-refractivity contribution in [2.75, 3.05) is 0 Å². The van der Waals surface area contributed by atoms with Gasteiger partial charge in [0.25, 0.3) is 0 Å². The molecule has 0 saturated heterocycles. The van der Waals surface area contributed by atoms with Crippen molar-refractivity contribution in [3.8, 4) is 0 Å². The molecule has 0 aromatic heterocycles. The minimum atomic E-state index is -0.611. The number of nitrogens with two attached hydrogens (primary N) is 1. The molecule has 3 N–H and O–H groups in total. The number of hydrogen-bond donors (Lipinski definition) is 2. The normalized spacial score (nSPS) is 30.4. The van der Waals surface area contributed by atoms with Crippen LogP contribution in [0.1, 0.15) is 59.3 Å². The number of carbonyl (C=O) groups excluding carboxylic acids is 1. The predicted molar refractivity (Wildman–Crippen MR) is 67.1 cm³/mol. The lowest BCUT2D eigenvalue weighted by Crippen LogP contribution is -2.57. The lowest BCUT2D eigenvalue weighted by molar-refractivity contribution is -0.128.